The van der Waals surface area contributed by atoms with Gasteiger partial charge in [0.05, 0.1) is 0 Å². The van der Waals surface area contributed by atoms with Crippen molar-refractivity contribution in [2.45, 2.75) is 58.5 Å². The molecule has 0 saturated carbocycles. The summed E-state index contributed by atoms with van der Waals surface area (Å²) < 4.78 is 0. The first-order chi connectivity index (χ1) is 6.75. The van der Waals surface area contributed by atoms with Gasteiger partial charge < -0.3 is 5.32 Å². The maximum Gasteiger partial charge on any atom is 0.00702 e. The summed E-state index contributed by atoms with van der Waals surface area (Å²) >= 11 is 0. The lowest BCUT2D eigenvalue weighted by Crippen LogP contribution is -2.36. The van der Waals surface area contributed by atoms with Crippen LogP contribution in [0.1, 0.15) is 46.5 Å². The lowest BCUT2D eigenvalue weighted by atomic mass is 10.1. The van der Waals surface area contributed by atoms with E-state index >= 15 is 0 Å². The van der Waals surface area contributed by atoms with Crippen LogP contribution in [-0.2, 0) is 0 Å². The zero-order valence-electron chi connectivity index (χ0n) is 10.1. The monoisotopic (exact) mass is 198 g/mol. The summed E-state index contributed by atoms with van der Waals surface area (Å²) in [5.74, 6) is 0. The van der Waals surface area contributed by atoms with E-state index in [0.717, 1.165) is 18.6 Å². The SMILES string of the molecule is CCNCCCC(C)N1CCCC1C. The van der Waals surface area contributed by atoms with Crippen LogP contribution in [0.4, 0.5) is 0 Å². The van der Waals surface area contributed by atoms with Gasteiger partial charge >= 0.3 is 0 Å². The molecule has 0 amide bonds. The molecule has 1 aliphatic rings. The van der Waals surface area contributed by atoms with Crippen molar-refractivity contribution in [3.05, 3.63) is 0 Å². The van der Waals surface area contributed by atoms with Crippen LogP contribution in [0.5, 0.6) is 0 Å². The summed E-state index contributed by atoms with van der Waals surface area (Å²) in [5, 5.41) is 3.39. The van der Waals surface area contributed by atoms with E-state index in [1.165, 1.54) is 38.8 Å². The van der Waals surface area contributed by atoms with E-state index in [4.69, 9.17) is 0 Å². The quantitative estimate of drug-likeness (QED) is 0.659. The number of hydrogen-bond acceptors (Lipinski definition) is 2. The fourth-order valence-electron chi connectivity index (χ4n) is 2.48. The van der Waals surface area contributed by atoms with Gasteiger partial charge in [-0.05, 0) is 59.2 Å². The van der Waals surface area contributed by atoms with Gasteiger partial charge in [-0.1, -0.05) is 6.92 Å². The first-order valence-electron chi connectivity index (χ1n) is 6.22. The molecule has 0 aliphatic carbocycles. The van der Waals surface area contributed by atoms with E-state index in [1.807, 2.05) is 0 Å². The van der Waals surface area contributed by atoms with Gasteiger partial charge in [-0.2, -0.15) is 0 Å². The fourth-order valence-corrected chi connectivity index (χ4v) is 2.48. The third kappa shape index (κ3) is 3.58. The maximum atomic E-state index is 3.39. The Balaban J connectivity index is 2.11. The highest BCUT2D eigenvalue weighted by Gasteiger charge is 2.24. The van der Waals surface area contributed by atoms with Crippen molar-refractivity contribution >= 4 is 0 Å². The molecule has 1 heterocycles. The number of rotatable bonds is 6. The number of nitrogens with one attached hydrogen (secondary N) is 1. The van der Waals surface area contributed by atoms with Crippen molar-refractivity contribution in [1.29, 1.82) is 0 Å². The standard InChI is InChI=1S/C12H26N2/c1-4-13-9-5-7-11(2)14-10-6-8-12(14)3/h11-13H,4-10H2,1-3H3. The Morgan fingerprint density at radius 2 is 2.29 bits per heavy atom. The third-order valence-electron chi connectivity index (χ3n) is 3.40. The van der Waals surface area contributed by atoms with Gasteiger partial charge in [0.15, 0.2) is 0 Å². The van der Waals surface area contributed by atoms with Crippen molar-refractivity contribution in [3.63, 3.8) is 0 Å². The predicted molar refractivity (Wildman–Crippen MR) is 62.6 cm³/mol. The third-order valence-corrected chi connectivity index (χ3v) is 3.40. The first-order valence-corrected chi connectivity index (χ1v) is 6.22. The Morgan fingerprint density at radius 1 is 1.50 bits per heavy atom. The fraction of sp³-hybridized carbons (Fsp3) is 1.00. The summed E-state index contributed by atoms with van der Waals surface area (Å²) in [4.78, 5) is 2.67. The molecule has 14 heavy (non-hydrogen) atoms. The van der Waals surface area contributed by atoms with Gasteiger partial charge in [-0.25, -0.2) is 0 Å². The van der Waals surface area contributed by atoms with Gasteiger partial charge in [0.1, 0.15) is 0 Å². The van der Waals surface area contributed by atoms with Crippen LogP contribution in [0.15, 0.2) is 0 Å². The molecule has 0 aromatic rings. The van der Waals surface area contributed by atoms with E-state index in [2.05, 4.69) is 31.0 Å². The molecule has 0 radical (unpaired) electrons. The summed E-state index contributed by atoms with van der Waals surface area (Å²) in [5.41, 5.74) is 0. The molecular formula is C12H26N2. The lowest BCUT2D eigenvalue weighted by molar-refractivity contribution is 0.191. The van der Waals surface area contributed by atoms with Crippen LogP contribution >= 0.6 is 0 Å². The number of hydrogen-bond donors (Lipinski definition) is 1. The highest BCUT2D eigenvalue weighted by atomic mass is 15.2. The first kappa shape index (κ1) is 12.0. The minimum atomic E-state index is 0.783. The van der Waals surface area contributed by atoms with Gasteiger partial charge in [-0.15, -0.1) is 0 Å². The largest absolute Gasteiger partial charge is 0.317 e. The Bertz CT molecular complexity index is 147. The molecule has 0 aromatic carbocycles. The molecule has 2 atom stereocenters. The highest BCUT2D eigenvalue weighted by molar-refractivity contribution is 4.79. The number of nitrogens with zero attached hydrogens (tertiary/aromatic N) is 1. The molecule has 1 rings (SSSR count). The Morgan fingerprint density at radius 3 is 2.86 bits per heavy atom. The van der Waals surface area contributed by atoms with Crippen LogP contribution in [0.25, 0.3) is 0 Å². The Kier molecular flexibility index (Phi) is 5.49. The van der Waals surface area contributed by atoms with Crippen molar-refractivity contribution in [2.75, 3.05) is 19.6 Å². The predicted octanol–water partition coefficient (Wildman–Crippen LogP) is 2.25. The van der Waals surface area contributed by atoms with E-state index in [-0.39, 0.29) is 0 Å². The molecule has 1 fully saturated rings. The minimum absolute atomic E-state index is 0.783. The molecule has 1 aliphatic heterocycles. The van der Waals surface area contributed by atoms with E-state index in [1.54, 1.807) is 0 Å². The van der Waals surface area contributed by atoms with Gasteiger partial charge in [0.2, 0.25) is 0 Å². The summed E-state index contributed by atoms with van der Waals surface area (Å²) in [6, 6.07) is 1.61. The zero-order valence-corrected chi connectivity index (χ0v) is 10.1. The average molecular weight is 198 g/mol. The molecule has 2 nitrogen and oxygen atoms in total. The van der Waals surface area contributed by atoms with Crippen molar-refractivity contribution < 1.29 is 0 Å². The molecular weight excluding hydrogens is 172 g/mol. The van der Waals surface area contributed by atoms with E-state index in [9.17, 15) is 0 Å². The molecule has 2 heteroatoms. The van der Waals surface area contributed by atoms with E-state index in [0.29, 0.717) is 0 Å². The summed E-state index contributed by atoms with van der Waals surface area (Å²) in [6.07, 6.45) is 5.46. The van der Waals surface area contributed by atoms with Gasteiger partial charge in [-0.3, -0.25) is 4.90 Å². The van der Waals surface area contributed by atoms with Crippen LogP contribution in [0.3, 0.4) is 0 Å². The second-order valence-electron chi connectivity index (χ2n) is 4.57. The zero-order chi connectivity index (χ0) is 10.4. The topological polar surface area (TPSA) is 15.3 Å². The molecule has 1 N–H and O–H groups in total. The normalized spacial score (nSPS) is 25.5. The second-order valence-corrected chi connectivity index (χ2v) is 4.57. The Hall–Kier alpha value is -0.0800. The Labute approximate surface area is 89.1 Å². The minimum Gasteiger partial charge on any atom is -0.317 e. The number of likely N-dealkylation sites (tertiary alicyclic amines) is 1. The molecule has 0 aromatic heterocycles. The van der Waals surface area contributed by atoms with Crippen LogP contribution in [0.2, 0.25) is 0 Å². The molecule has 1 saturated heterocycles. The van der Waals surface area contributed by atoms with Crippen LogP contribution in [-0.4, -0.2) is 36.6 Å². The maximum absolute atomic E-state index is 3.39. The second kappa shape index (κ2) is 6.41. The summed E-state index contributed by atoms with van der Waals surface area (Å²) in [7, 11) is 0. The molecule has 2 unspecified atom stereocenters. The van der Waals surface area contributed by atoms with E-state index < -0.39 is 0 Å². The van der Waals surface area contributed by atoms with Crippen molar-refractivity contribution in [2.24, 2.45) is 0 Å². The lowest BCUT2D eigenvalue weighted by Gasteiger charge is -2.28. The van der Waals surface area contributed by atoms with Crippen LogP contribution in [0, 0.1) is 0 Å². The average Bonchev–Trinajstić information content (AvgIpc) is 2.59. The van der Waals surface area contributed by atoms with Crippen LogP contribution < -0.4 is 5.32 Å². The van der Waals surface area contributed by atoms with Crippen molar-refractivity contribution in [3.8, 4) is 0 Å². The molecule has 0 bridgehead atoms. The molecule has 0 spiro atoms. The highest BCUT2D eigenvalue weighted by Crippen LogP contribution is 2.21. The smallest absolute Gasteiger partial charge is 0.00702 e. The summed E-state index contributed by atoms with van der Waals surface area (Å²) in [6.45, 7) is 10.5. The van der Waals surface area contributed by atoms with Crippen molar-refractivity contribution in [1.82, 2.24) is 10.2 Å². The van der Waals surface area contributed by atoms with Gasteiger partial charge in [0, 0.05) is 12.1 Å². The molecule has 84 valence electrons. The van der Waals surface area contributed by atoms with Gasteiger partial charge in [0.25, 0.3) is 0 Å².